The fraction of sp³-hybridized carbons (Fsp3) is 0.500. The van der Waals surface area contributed by atoms with Crippen LogP contribution in [0.5, 0.6) is 0 Å². The van der Waals surface area contributed by atoms with E-state index < -0.39 is 0 Å². The number of nitrogens with one attached hydrogen (secondary N) is 1. The van der Waals surface area contributed by atoms with E-state index in [-0.39, 0.29) is 6.04 Å². The summed E-state index contributed by atoms with van der Waals surface area (Å²) >= 11 is 6.29. The molecular weight excluding hydrogens is 284 g/mol. The Labute approximate surface area is 131 Å². The first-order valence-corrected chi connectivity index (χ1v) is 7.86. The lowest BCUT2D eigenvalue weighted by Crippen LogP contribution is -2.24. The summed E-state index contributed by atoms with van der Waals surface area (Å²) in [5.41, 5.74) is 2.16. The summed E-state index contributed by atoms with van der Waals surface area (Å²) in [6.07, 6.45) is 7.42. The zero-order valence-corrected chi connectivity index (χ0v) is 13.6. The first kappa shape index (κ1) is 16.0. The van der Waals surface area contributed by atoms with Crippen molar-refractivity contribution in [2.75, 3.05) is 6.54 Å². The minimum atomic E-state index is 0.163. The normalized spacial score (nSPS) is 12.8. The summed E-state index contributed by atoms with van der Waals surface area (Å²) in [5, 5.41) is 8.89. The van der Waals surface area contributed by atoms with Crippen molar-refractivity contribution in [1.82, 2.24) is 20.1 Å². The van der Waals surface area contributed by atoms with Crippen LogP contribution in [-0.4, -0.2) is 21.3 Å². The average Bonchev–Trinajstić information content (AvgIpc) is 2.93. The molecule has 0 aliphatic heterocycles. The average molecular weight is 307 g/mol. The van der Waals surface area contributed by atoms with Gasteiger partial charge in [-0.15, -0.1) is 0 Å². The van der Waals surface area contributed by atoms with Gasteiger partial charge in [-0.2, -0.15) is 5.10 Å². The van der Waals surface area contributed by atoms with Gasteiger partial charge in [-0.25, -0.2) is 0 Å². The topological polar surface area (TPSA) is 42.7 Å². The molecule has 0 aliphatic carbocycles. The third-order valence-corrected chi connectivity index (χ3v) is 3.74. The first-order chi connectivity index (χ1) is 10.1. The molecule has 0 radical (unpaired) electrons. The van der Waals surface area contributed by atoms with Crippen LogP contribution in [0, 0.1) is 0 Å². The van der Waals surface area contributed by atoms with Crippen LogP contribution in [0.1, 0.15) is 50.5 Å². The molecule has 2 heterocycles. The molecular formula is C16H23ClN4. The van der Waals surface area contributed by atoms with Gasteiger partial charge in [0.05, 0.1) is 10.7 Å². The highest BCUT2D eigenvalue weighted by atomic mass is 35.5. The molecule has 0 saturated carbocycles. The standard InChI is InChI=1S/C16H23ClN4/c1-4-7-19-16(14-5-8-18-11-15(14)17)10-13-6-9-21(20-13)12(2)3/h5-6,8-9,11-12,16,19H,4,7,10H2,1-3H3. The molecule has 0 saturated heterocycles. The molecule has 0 aromatic carbocycles. The monoisotopic (exact) mass is 306 g/mol. The van der Waals surface area contributed by atoms with Crippen molar-refractivity contribution >= 4 is 11.6 Å². The fourth-order valence-electron chi connectivity index (χ4n) is 2.26. The number of halogens is 1. The van der Waals surface area contributed by atoms with Crippen LogP contribution < -0.4 is 5.32 Å². The summed E-state index contributed by atoms with van der Waals surface area (Å²) in [6, 6.07) is 4.60. The number of hydrogen-bond acceptors (Lipinski definition) is 3. The summed E-state index contributed by atoms with van der Waals surface area (Å²) < 4.78 is 1.99. The fourth-order valence-corrected chi connectivity index (χ4v) is 2.51. The van der Waals surface area contributed by atoms with Crippen LogP contribution in [0.2, 0.25) is 5.02 Å². The van der Waals surface area contributed by atoms with E-state index in [0.717, 1.165) is 30.6 Å². The molecule has 114 valence electrons. The van der Waals surface area contributed by atoms with Gasteiger partial charge in [0.15, 0.2) is 0 Å². The highest BCUT2D eigenvalue weighted by Crippen LogP contribution is 2.24. The van der Waals surface area contributed by atoms with Crippen LogP contribution >= 0.6 is 11.6 Å². The van der Waals surface area contributed by atoms with Crippen molar-refractivity contribution in [3.63, 3.8) is 0 Å². The largest absolute Gasteiger partial charge is 0.310 e. The molecule has 2 aromatic heterocycles. The van der Waals surface area contributed by atoms with Crippen LogP contribution in [0.15, 0.2) is 30.7 Å². The number of pyridine rings is 1. The van der Waals surface area contributed by atoms with Crippen molar-refractivity contribution in [1.29, 1.82) is 0 Å². The third kappa shape index (κ3) is 4.29. The molecule has 2 aromatic rings. The smallest absolute Gasteiger partial charge is 0.0643 e. The Morgan fingerprint density at radius 2 is 2.14 bits per heavy atom. The highest BCUT2D eigenvalue weighted by Gasteiger charge is 2.16. The number of aromatic nitrogens is 3. The van der Waals surface area contributed by atoms with Crippen LogP contribution in [-0.2, 0) is 6.42 Å². The third-order valence-electron chi connectivity index (χ3n) is 3.43. The van der Waals surface area contributed by atoms with E-state index in [1.165, 1.54) is 0 Å². The Balaban J connectivity index is 2.18. The second-order valence-corrected chi connectivity index (χ2v) is 5.90. The van der Waals surface area contributed by atoms with Crippen molar-refractivity contribution in [3.05, 3.63) is 47.0 Å². The van der Waals surface area contributed by atoms with Gasteiger partial charge in [0.25, 0.3) is 0 Å². The van der Waals surface area contributed by atoms with Gasteiger partial charge in [0.1, 0.15) is 0 Å². The molecule has 1 atom stereocenters. The molecule has 0 fully saturated rings. The van der Waals surface area contributed by atoms with E-state index in [4.69, 9.17) is 11.6 Å². The number of nitrogens with zero attached hydrogens (tertiary/aromatic N) is 3. The second-order valence-electron chi connectivity index (χ2n) is 5.49. The molecule has 2 rings (SSSR count). The lowest BCUT2D eigenvalue weighted by molar-refractivity contribution is 0.499. The van der Waals surface area contributed by atoms with Gasteiger partial charge in [-0.3, -0.25) is 9.67 Å². The zero-order chi connectivity index (χ0) is 15.2. The molecule has 5 heteroatoms. The summed E-state index contributed by atoms with van der Waals surface area (Å²) in [6.45, 7) is 7.37. The lowest BCUT2D eigenvalue weighted by Gasteiger charge is -2.19. The molecule has 0 amide bonds. The Morgan fingerprint density at radius 3 is 2.76 bits per heavy atom. The van der Waals surface area contributed by atoms with Gasteiger partial charge >= 0.3 is 0 Å². The minimum absolute atomic E-state index is 0.163. The van der Waals surface area contributed by atoms with Crippen molar-refractivity contribution in [2.24, 2.45) is 0 Å². The van der Waals surface area contributed by atoms with E-state index in [0.29, 0.717) is 11.1 Å². The van der Waals surface area contributed by atoms with Crippen LogP contribution in [0.25, 0.3) is 0 Å². The molecule has 0 bridgehead atoms. The second kappa shape index (κ2) is 7.57. The van der Waals surface area contributed by atoms with Crippen LogP contribution in [0.4, 0.5) is 0 Å². The molecule has 1 unspecified atom stereocenters. The van der Waals surface area contributed by atoms with Gasteiger partial charge in [-0.1, -0.05) is 18.5 Å². The summed E-state index contributed by atoms with van der Waals surface area (Å²) in [5.74, 6) is 0. The van der Waals surface area contributed by atoms with Crippen LogP contribution in [0.3, 0.4) is 0 Å². The van der Waals surface area contributed by atoms with Crippen molar-refractivity contribution in [2.45, 2.75) is 45.7 Å². The Bertz CT molecular complexity index is 565. The Kier molecular flexibility index (Phi) is 5.76. The van der Waals surface area contributed by atoms with Gasteiger partial charge in [-0.05, 0) is 44.5 Å². The van der Waals surface area contributed by atoms with E-state index >= 15 is 0 Å². The van der Waals surface area contributed by atoms with E-state index in [9.17, 15) is 0 Å². The number of hydrogen-bond donors (Lipinski definition) is 1. The highest BCUT2D eigenvalue weighted by molar-refractivity contribution is 6.31. The Hall–Kier alpha value is -1.39. The molecule has 0 spiro atoms. The molecule has 0 aliphatic rings. The van der Waals surface area contributed by atoms with Gasteiger partial charge in [0, 0.05) is 37.1 Å². The SMILES string of the molecule is CCCNC(Cc1ccn(C(C)C)n1)c1ccncc1Cl. The van der Waals surface area contributed by atoms with E-state index in [2.05, 4.69) is 42.2 Å². The molecule has 21 heavy (non-hydrogen) atoms. The zero-order valence-electron chi connectivity index (χ0n) is 12.9. The van der Waals surface area contributed by atoms with Gasteiger partial charge < -0.3 is 5.32 Å². The van der Waals surface area contributed by atoms with Crippen molar-refractivity contribution in [3.8, 4) is 0 Å². The quantitative estimate of drug-likeness (QED) is 0.846. The lowest BCUT2D eigenvalue weighted by atomic mass is 10.0. The maximum Gasteiger partial charge on any atom is 0.0643 e. The predicted molar refractivity (Wildman–Crippen MR) is 86.6 cm³/mol. The minimum Gasteiger partial charge on any atom is -0.310 e. The maximum absolute atomic E-state index is 6.29. The maximum atomic E-state index is 6.29. The Morgan fingerprint density at radius 1 is 1.33 bits per heavy atom. The van der Waals surface area contributed by atoms with E-state index in [1.807, 2.05) is 16.9 Å². The van der Waals surface area contributed by atoms with E-state index in [1.54, 1.807) is 12.4 Å². The first-order valence-electron chi connectivity index (χ1n) is 7.48. The van der Waals surface area contributed by atoms with Gasteiger partial charge in [0.2, 0.25) is 0 Å². The summed E-state index contributed by atoms with van der Waals surface area (Å²) in [4.78, 5) is 4.06. The molecule has 4 nitrogen and oxygen atoms in total. The van der Waals surface area contributed by atoms with Crippen molar-refractivity contribution < 1.29 is 0 Å². The number of rotatable bonds is 7. The predicted octanol–water partition coefficient (Wildman–Crippen LogP) is 3.80. The summed E-state index contributed by atoms with van der Waals surface area (Å²) in [7, 11) is 0. The molecule has 1 N–H and O–H groups in total.